The van der Waals surface area contributed by atoms with Crippen LogP contribution in [0.4, 0.5) is 10.8 Å². The van der Waals surface area contributed by atoms with Crippen LogP contribution in [0.15, 0.2) is 48.1 Å². The number of hydrogen-bond donors (Lipinski definition) is 2. The number of hydrogen-bond acceptors (Lipinski definition) is 5. The molecule has 2 heterocycles. The Bertz CT molecular complexity index is 735. The van der Waals surface area contributed by atoms with Gasteiger partial charge < -0.3 is 11.1 Å². The Labute approximate surface area is 118 Å². The molecule has 0 aliphatic carbocycles. The highest BCUT2D eigenvalue weighted by Crippen LogP contribution is 2.16. The van der Waals surface area contributed by atoms with E-state index in [4.69, 9.17) is 5.73 Å². The predicted molar refractivity (Wildman–Crippen MR) is 78.0 cm³/mol. The highest BCUT2D eigenvalue weighted by Gasteiger charge is 2.10. The van der Waals surface area contributed by atoms with Gasteiger partial charge in [-0.15, -0.1) is 11.3 Å². The van der Waals surface area contributed by atoms with Gasteiger partial charge in [0.15, 0.2) is 5.13 Å². The number of amides is 1. The van der Waals surface area contributed by atoms with Gasteiger partial charge in [-0.1, -0.05) is 6.07 Å². The van der Waals surface area contributed by atoms with Crippen molar-refractivity contribution in [3.63, 3.8) is 0 Å². The highest BCUT2D eigenvalue weighted by atomic mass is 32.1. The minimum absolute atomic E-state index is 0.282. The largest absolute Gasteiger partial charge is 0.375 e. The van der Waals surface area contributed by atoms with Gasteiger partial charge in [-0.05, 0) is 24.3 Å². The molecular formula is C13H11N5OS. The normalized spacial score (nSPS) is 10.4. The number of benzene rings is 1. The van der Waals surface area contributed by atoms with Crippen molar-refractivity contribution < 1.29 is 4.79 Å². The number of nitrogen functional groups attached to an aromatic ring is 1. The van der Waals surface area contributed by atoms with E-state index in [1.54, 1.807) is 22.3 Å². The standard InChI is InChI=1S/C13H11N5OS/c14-13-17-11(8-20-13)12(19)16-9-3-1-4-10(7-9)18-6-2-5-15-18/h1-8H,(H2,14,17)(H,16,19). The molecule has 0 aliphatic rings. The number of carbonyl (C=O) groups excluding carboxylic acids is 1. The average Bonchev–Trinajstić information content (AvgIpc) is 3.10. The van der Waals surface area contributed by atoms with E-state index >= 15 is 0 Å². The molecule has 100 valence electrons. The van der Waals surface area contributed by atoms with Crippen molar-refractivity contribution in [2.45, 2.75) is 0 Å². The van der Waals surface area contributed by atoms with E-state index in [1.807, 2.05) is 30.5 Å². The Kier molecular flexibility index (Phi) is 3.18. The molecule has 3 rings (SSSR count). The summed E-state index contributed by atoms with van der Waals surface area (Å²) in [7, 11) is 0. The zero-order chi connectivity index (χ0) is 13.9. The second kappa shape index (κ2) is 5.14. The smallest absolute Gasteiger partial charge is 0.275 e. The first-order valence-corrected chi connectivity index (χ1v) is 6.73. The van der Waals surface area contributed by atoms with Crippen molar-refractivity contribution in [3.8, 4) is 5.69 Å². The van der Waals surface area contributed by atoms with Crippen LogP contribution in [0, 0.1) is 0 Å². The van der Waals surface area contributed by atoms with Gasteiger partial charge in [0, 0.05) is 23.5 Å². The molecule has 20 heavy (non-hydrogen) atoms. The summed E-state index contributed by atoms with van der Waals surface area (Å²) in [5.74, 6) is -0.282. The quantitative estimate of drug-likeness (QED) is 0.772. The number of carbonyl (C=O) groups is 1. The van der Waals surface area contributed by atoms with E-state index in [0.29, 0.717) is 16.5 Å². The first-order chi connectivity index (χ1) is 9.72. The lowest BCUT2D eigenvalue weighted by atomic mass is 10.2. The van der Waals surface area contributed by atoms with E-state index in [9.17, 15) is 4.79 Å². The summed E-state index contributed by atoms with van der Waals surface area (Å²) in [5, 5.41) is 8.93. The molecule has 0 fully saturated rings. The molecule has 0 bridgehead atoms. The summed E-state index contributed by atoms with van der Waals surface area (Å²) in [6.07, 6.45) is 3.53. The summed E-state index contributed by atoms with van der Waals surface area (Å²) in [6, 6.07) is 9.23. The third kappa shape index (κ3) is 2.52. The molecule has 3 N–H and O–H groups in total. The maximum Gasteiger partial charge on any atom is 0.275 e. The summed E-state index contributed by atoms with van der Waals surface area (Å²) in [6.45, 7) is 0. The van der Waals surface area contributed by atoms with Gasteiger partial charge in [0.1, 0.15) is 5.69 Å². The third-order valence-electron chi connectivity index (χ3n) is 2.63. The Balaban J connectivity index is 1.81. The fourth-order valence-electron chi connectivity index (χ4n) is 1.73. The maximum absolute atomic E-state index is 12.0. The molecule has 0 saturated carbocycles. The maximum atomic E-state index is 12.0. The highest BCUT2D eigenvalue weighted by molar-refractivity contribution is 7.13. The fraction of sp³-hybridized carbons (Fsp3) is 0. The Morgan fingerprint density at radius 1 is 1.35 bits per heavy atom. The zero-order valence-electron chi connectivity index (χ0n) is 10.4. The molecule has 0 saturated heterocycles. The molecule has 6 nitrogen and oxygen atoms in total. The SMILES string of the molecule is Nc1nc(C(=O)Nc2cccc(-n3cccn3)c2)cs1. The molecule has 1 amide bonds. The lowest BCUT2D eigenvalue weighted by molar-refractivity contribution is 0.102. The molecular weight excluding hydrogens is 274 g/mol. The van der Waals surface area contributed by atoms with Gasteiger partial charge >= 0.3 is 0 Å². The van der Waals surface area contributed by atoms with Gasteiger partial charge in [-0.3, -0.25) is 4.79 Å². The van der Waals surface area contributed by atoms with Crippen LogP contribution in [-0.2, 0) is 0 Å². The van der Waals surface area contributed by atoms with Crippen LogP contribution >= 0.6 is 11.3 Å². The Morgan fingerprint density at radius 2 is 2.25 bits per heavy atom. The molecule has 0 radical (unpaired) electrons. The summed E-state index contributed by atoms with van der Waals surface area (Å²) < 4.78 is 1.72. The number of rotatable bonds is 3. The van der Waals surface area contributed by atoms with Crippen LogP contribution in [0.1, 0.15) is 10.5 Å². The molecule has 0 unspecified atom stereocenters. The lowest BCUT2D eigenvalue weighted by Crippen LogP contribution is -2.12. The van der Waals surface area contributed by atoms with Crippen molar-refractivity contribution in [2.75, 3.05) is 11.1 Å². The summed E-state index contributed by atoms with van der Waals surface area (Å²) in [5.41, 5.74) is 7.37. The molecule has 2 aromatic heterocycles. The van der Waals surface area contributed by atoms with Crippen LogP contribution in [0.25, 0.3) is 5.69 Å². The number of nitrogens with zero attached hydrogens (tertiary/aromatic N) is 3. The van der Waals surface area contributed by atoms with Crippen molar-refractivity contribution in [2.24, 2.45) is 0 Å². The number of nitrogens with two attached hydrogens (primary N) is 1. The van der Waals surface area contributed by atoms with Crippen molar-refractivity contribution in [1.82, 2.24) is 14.8 Å². The molecule has 1 aromatic carbocycles. The molecule has 0 atom stereocenters. The minimum Gasteiger partial charge on any atom is -0.375 e. The fourth-order valence-corrected chi connectivity index (χ4v) is 2.28. The van der Waals surface area contributed by atoms with Crippen LogP contribution in [0.5, 0.6) is 0 Å². The van der Waals surface area contributed by atoms with Crippen molar-refractivity contribution >= 4 is 28.1 Å². The Hall–Kier alpha value is -2.67. The first-order valence-electron chi connectivity index (χ1n) is 5.85. The third-order valence-corrected chi connectivity index (χ3v) is 3.30. The van der Waals surface area contributed by atoms with Crippen LogP contribution in [0.3, 0.4) is 0 Å². The molecule has 0 aliphatic heterocycles. The van der Waals surface area contributed by atoms with Gasteiger partial charge in [-0.2, -0.15) is 5.10 Å². The van der Waals surface area contributed by atoms with Gasteiger partial charge in [-0.25, -0.2) is 9.67 Å². The average molecular weight is 285 g/mol. The summed E-state index contributed by atoms with van der Waals surface area (Å²) in [4.78, 5) is 15.9. The number of anilines is 2. The Morgan fingerprint density at radius 3 is 2.95 bits per heavy atom. The van der Waals surface area contributed by atoms with E-state index < -0.39 is 0 Å². The van der Waals surface area contributed by atoms with E-state index in [-0.39, 0.29) is 5.91 Å². The predicted octanol–water partition coefficient (Wildman–Crippen LogP) is 2.16. The number of aromatic nitrogens is 3. The monoisotopic (exact) mass is 285 g/mol. The van der Waals surface area contributed by atoms with Crippen molar-refractivity contribution in [3.05, 3.63) is 53.8 Å². The first kappa shape index (κ1) is 12.4. The van der Waals surface area contributed by atoms with Crippen LogP contribution in [-0.4, -0.2) is 20.7 Å². The molecule has 3 aromatic rings. The van der Waals surface area contributed by atoms with Crippen molar-refractivity contribution in [1.29, 1.82) is 0 Å². The number of thiazole rings is 1. The second-order valence-corrected chi connectivity index (χ2v) is 4.92. The van der Waals surface area contributed by atoms with E-state index in [2.05, 4.69) is 15.4 Å². The topological polar surface area (TPSA) is 85.8 Å². The second-order valence-electron chi connectivity index (χ2n) is 4.03. The van der Waals surface area contributed by atoms with Gasteiger partial charge in [0.25, 0.3) is 5.91 Å². The van der Waals surface area contributed by atoms with Crippen LogP contribution in [0.2, 0.25) is 0 Å². The summed E-state index contributed by atoms with van der Waals surface area (Å²) >= 11 is 1.24. The van der Waals surface area contributed by atoms with Crippen LogP contribution < -0.4 is 11.1 Å². The lowest BCUT2D eigenvalue weighted by Gasteiger charge is -2.06. The minimum atomic E-state index is -0.282. The molecule has 7 heteroatoms. The van der Waals surface area contributed by atoms with E-state index in [1.165, 1.54) is 11.3 Å². The number of nitrogens with one attached hydrogen (secondary N) is 1. The van der Waals surface area contributed by atoms with E-state index in [0.717, 1.165) is 5.69 Å². The van der Waals surface area contributed by atoms with Gasteiger partial charge in [0.05, 0.1) is 5.69 Å². The molecule has 0 spiro atoms. The zero-order valence-corrected chi connectivity index (χ0v) is 11.2. The van der Waals surface area contributed by atoms with Gasteiger partial charge in [0.2, 0.25) is 0 Å².